The van der Waals surface area contributed by atoms with E-state index in [0.717, 1.165) is 20.3 Å². The van der Waals surface area contributed by atoms with Gasteiger partial charge in [0.2, 0.25) is 0 Å². The molecule has 0 aliphatic carbocycles. The maximum atomic E-state index is 12.1. The number of allylic oxidation sites excluding steroid dienone is 1. The molecule has 0 radical (unpaired) electrons. The second-order valence-corrected chi connectivity index (χ2v) is 7.45. The van der Waals surface area contributed by atoms with Crippen LogP contribution in [-0.4, -0.2) is 17.4 Å². The van der Waals surface area contributed by atoms with Gasteiger partial charge in [0, 0.05) is 10.6 Å². The molecule has 0 aliphatic rings. The summed E-state index contributed by atoms with van der Waals surface area (Å²) in [6.07, 6.45) is 1.55. The number of nitrogens with zero attached hydrogens (tertiary/aromatic N) is 1. The Balaban J connectivity index is 1.68. The van der Waals surface area contributed by atoms with Gasteiger partial charge >= 0.3 is 0 Å². The van der Waals surface area contributed by atoms with Crippen LogP contribution in [0.25, 0.3) is 10.2 Å². The number of ether oxygens (including phenoxy) is 1. The highest BCUT2D eigenvalue weighted by molar-refractivity contribution is 8.03. The largest absolute Gasteiger partial charge is 0.494 e. The van der Waals surface area contributed by atoms with Crippen molar-refractivity contribution in [3.8, 4) is 5.75 Å². The lowest BCUT2D eigenvalue weighted by molar-refractivity contribution is 0.104. The molecule has 0 fully saturated rings. The molecule has 2 aromatic carbocycles. The normalized spacial score (nSPS) is 11.2. The quantitative estimate of drug-likeness (QED) is 0.308. The van der Waals surface area contributed by atoms with E-state index in [-0.39, 0.29) is 5.78 Å². The summed E-state index contributed by atoms with van der Waals surface area (Å²) in [6, 6.07) is 12.7. The van der Waals surface area contributed by atoms with Gasteiger partial charge in [0.15, 0.2) is 10.1 Å². The molecule has 0 aliphatic heterocycles. The lowest BCUT2D eigenvalue weighted by Gasteiger charge is -2.00. The van der Waals surface area contributed by atoms with Gasteiger partial charge in [-0.25, -0.2) is 4.98 Å². The number of carbonyl (C=O) groups excluding carboxylic acids is 1. The van der Waals surface area contributed by atoms with E-state index in [4.69, 9.17) is 16.3 Å². The van der Waals surface area contributed by atoms with E-state index in [2.05, 4.69) is 4.98 Å². The first-order valence-electron chi connectivity index (χ1n) is 7.32. The van der Waals surface area contributed by atoms with Crippen LogP contribution in [0.15, 0.2) is 58.3 Å². The lowest BCUT2D eigenvalue weighted by Crippen LogP contribution is -1.92. The van der Waals surface area contributed by atoms with Crippen LogP contribution in [0.2, 0.25) is 5.02 Å². The number of rotatable bonds is 6. The molecule has 0 unspecified atom stereocenters. The number of halogens is 1. The Morgan fingerprint density at radius 1 is 1.29 bits per heavy atom. The molecule has 0 spiro atoms. The third-order valence-corrected chi connectivity index (χ3v) is 5.34. The maximum Gasteiger partial charge on any atom is 0.186 e. The molecule has 3 nitrogen and oxygen atoms in total. The SMILES string of the molecule is CCOc1ccc2nc(S/C=C/C(=O)c3ccc(Cl)cc3)sc2c1. The molecule has 0 N–H and O–H groups in total. The Morgan fingerprint density at radius 3 is 2.83 bits per heavy atom. The number of benzene rings is 2. The number of carbonyl (C=O) groups is 1. The first-order valence-corrected chi connectivity index (χ1v) is 9.39. The van der Waals surface area contributed by atoms with Gasteiger partial charge in [0.25, 0.3) is 0 Å². The van der Waals surface area contributed by atoms with E-state index in [9.17, 15) is 4.79 Å². The summed E-state index contributed by atoms with van der Waals surface area (Å²) in [5.74, 6) is 0.789. The molecule has 0 saturated heterocycles. The first-order chi connectivity index (χ1) is 11.7. The van der Waals surface area contributed by atoms with Crippen LogP contribution in [0.4, 0.5) is 0 Å². The van der Waals surface area contributed by atoms with Gasteiger partial charge in [-0.2, -0.15) is 0 Å². The summed E-state index contributed by atoms with van der Waals surface area (Å²) in [7, 11) is 0. The van der Waals surface area contributed by atoms with Crippen molar-refractivity contribution in [1.82, 2.24) is 4.98 Å². The van der Waals surface area contributed by atoms with Gasteiger partial charge in [-0.15, -0.1) is 11.3 Å². The summed E-state index contributed by atoms with van der Waals surface area (Å²) in [6.45, 7) is 2.60. The Bertz CT molecular complexity index is 888. The highest BCUT2D eigenvalue weighted by Crippen LogP contribution is 2.32. The fraction of sp³-hybridized carbons (Fsp3) is 0.111. The summed E-state index contributed by atoms with van der Waals surface area (Å²) in [4.78, 5) is 16.6. The van der Waals surface area contributed by atoms with Crippen molar-refractivity contribution in [3.05, 3.63) is 64.5 Å². The number of fused-ring (bicyclic) bond motifs is 1. The van der Waals surface area contributed by atoms with E-state index >= 15 is 0 Å². The number of hydrogen-bond donors (Lipinski definition) is 0. The monoisotopic (exact) mass is 375 g/mol. The van der Waals surface area contributed by atoms with Gasteiger partial charge in [-0.05, 0) is 60.9 Å². The van der Waals surface area contributed by atoms with Crippen LogP contribution in [0, 0.1) is 0 Å². The number of aromatic nitrogens is 1. The fourth-order valence-electron chi connectivity index (χ4n) is 2.06. The van der Waals surface area contributed by atoms with Gasteiger partial charge < -0.3 is 4.74 Å². The summed E-state index contributed by atoms with van der Waals surface area (Å²) in [5.41, 5.74) is 1.55. The van der Waals surface area contributed by atoms with Crippen molar-refractivity contribution in [1.29, 1.82) is 0 Å². The number of thiazole rings is 1. The molecule has 0 atom stereocenters. The summed E-state index contributed by atoms with van der Waals surface area (Å²) < 4.78 is 7.46. The second kappa shape index (κ2) is 7.83. The molecular weight excluding hydrogens is 362 g/mol. The van der Waals surface area contributed by atoms with Crippen LogP contribution in [-0.2, 0) is 0 Å². The maximum absolute atomic E-state index is 12.1. The van der Waals surface area contributed by atoms with Crippen molar-refractivity contribution in [3.63, 3.8) is 0 Å². The van der Waals surface area contributed by atoms with Gasteiger partial charge in [-0.1, -0.05) is 23.4 Å². The highest BCUT2D eigenvalue weighted by atomic mass is 35.5. The minimum atomic E-state index is -0.0566. The summed E-state index contributed by atoms with van der Waals surface area (Å²) >= 11 is 8.83. The first kappa shape index (κ1) is 17.0. The van der Waals surface area contributed by atoms with Crippen molar-refractivity contribution >= 4 is 50.7 Å². The average molecular weight is 376 g/mol. The van der Waals surface area contributed by atoms with Gasteiger partial charge in [0.05, 0.1) is 16.8 Å². The molecule has 0 saturated carbocycles. The Morgan fingerprint density at radius 2 is 2.08 bits per heavy atom. The Labute approximate surface area is 153 Å². The number of thioether (sulfide) groups is 1. The van der Waals surface area contributed by atoms with Crippen molar-refractivity contribution < 1.29 is 9.53 Å². The van der Waals surface area contributed by atoms with Crippen molar-refractivity contribution in [2.75, 3.05) is 6.61 Å². The predicted molar refractivity (Wildman–Crippen MR) is 102 cm³/mol. The van der Waals surface area contributed by atoms with E-state index in [1.165, 1.54) is 11.8 Å². The Kier molecular flexibility index (Phi) is 5.56. The lowest BCUT2D eigenvalue weighted by atomic mass is 10.1. The molecule has 0 amide bonds. The fourth-order valence-corrected chi connectivity index (χ4v) is 3.99. The van der Waals surface area contributed by atoms with E-state index in [1.54, 1.807) is 47.1 Å². The molecule has 122 valence electrons. The Hall–Kier alpha value is -1.82. The van der Waals surface area contributed by atoms with Crippen molar-refractivity contribution in [2.24, 2.45) is 0 Å². The van der Waals surface area contributed by atoms with E-state index in [1.807, 2.05) is 25.1 Å². The third kappa shape index (κ3) is 4.17. The predicted octanol–water partition coefficient (Wildman–Crippen LogP) is 5.84. The van der Waals surface area contributed by atoms with E-state index < -0.39 is 0 Å². The molecule has 1 heterocycles. The van der Waals surface area contributed by atoms with Crippen LogP contribution in [0.1, 0.15) is 17.3 Å². The highest BCUT2D eigenvalue weighted by Gasteiger charge is 2.06. The summed E-state index contributed by atoms with van der Waals surface area (Å²) in [5, 5.41) is 2.38. The topological polar surface area (TPSA) is 39.2 Å². The van der Waals surface area contributed by atoms with Crippen LogP contribution in [0.5, 0.6) is 5.75 Å². The molecule has 0 bridgehead atoms. The molecule has 3 aromatic rings. The van der Waals surface area contributed by atoms with Crippen LogP contribution < -0.4 is 4.74 Å². The molecular formula is C18H14ClNO2S2. The zero-order chi connectivity index (χ0) is 16.9. The number of hydrogen-bond acceptors (Lipinski definition) is 5. The van der Waals surface area contributed by atoms with E-state index in [0.29, 0.717) is 17.2 Å². The van der Waals surface area contributed by atoms with Crippen molar-refractivity contribution in [2.45, 2.75) is 11.3 Å². The van der Waals surface area contributed by atoms with Gasteiger partial charge in [-0.3, -0.25) is 4.79 Å². The molecule has 24 heavy (non-hydrogen) atoms. The minimum absolute atomic E-state index is 0.0566. The number of ketones is 1. The standard InChI is InChI=1S/C18H14ClNO2S2/c1-2-22-14-7-8-15-17(11-14)24-18(20-15)23-10-9-16(21)12-3-5-13(19)6-4-12/h3-11H,2H2,1H3/b10-9+. The molecule has 3 rings (SSSR count). The zero-order valence-corrected chi connectivity index (χ0v) is 15.3. The third-order valence-electron chi connectivity index (χ3n) is 3.17. The molecule has 6 heteroatoms. The molecule has 1 aromatic heterocycles. The average Bonchev–Trinajstić information content (AvgIpc) is 2.97. The van der Waals surface area contributed by atoms with Gasteiger partial charge in [0.1, 0.15) is 5.75 Å². The van der Waals surface area contributed by atoms with Crippen LogP contribution >= 0.6 is 34.7 Å². The van der Waals surface area contributed by atoms with Crippen LogP contribution in [0.3, 0.4) is 0 Å². The minimum Gasteiger partial charge on any atom is -0.494 e. The zero-order valence-electron chi connectivity index (χ0n) is 12.9. The smallest absolute Gasteiger partial charge is 0.186 e. The second-order valence-electron chi connectivity index (χ2n) is 4.83.